The van der Waals surface area contributed by atoms with Gasteiger partial charge in [0.2, 0.25) is 11.9 Å². The third-order valence-corrected chi connectivity index (χ3v) is 5.74. The summed E-state index contributed by atoms with van der Waals surface area (Å²) in [6.45, 7) is 5.41. The summed E-state index contributed by atoms with van der Waals surface area (Å²) in [6, 6.07) is 5.56. The normalized spacial score (nSPS) is 18.0. The van der Waals surface area contributed by atoms with Crippen molar-refractivity contribution in [3.8, 4) is 0 Å². The van der Waals surface area contributed by atoms with Gasteiger partial charge in [0, 0.05) is 37.9 Å². The lowest BCUT2D eigenvalue weighted by molar-refractivity contribution is -0.127. The lowest BCUT2D eigenvalue weighted by Crippen LogP contribution is -2.44. The largest absolute Gasteiger partial charge is 0.465 e. The second kappa shape index (κ2) is 9.21. The molecule has 168 valence electrons. The summed E-state index contributed by atoms with van der Waals surface area (Å²) in [5.41, 5.74) is 2.71. The Morgan fingerprint density at radius 1 is 1.25 bits per heavy atom. The number of benzene rings is 1. The summed E-state index contributed by atoms with van der Waals surface area (Å²) in [7, 11) is 0. The van der Waals surface area contributed by atoms with E-state index in [-0.39, 0.29) is 23.7 Å². The maximum atomic E-state index is 14.4. The molecule has 32 heavy (non-hydrogen) atoms. The van der Waals surface area contributed by atoms with E-state index in [0.717, 1.165) is 30.2 Å². The number of carbonyl (C=O) groups is 2. The first kappa shape index (κ1) is 21.5. The van der Waals surface area contributed by atoms with Crippen molar-refractivity contribution in [2.24, 2.45) is 0 Å². The molecule has 0 radical (unpaired) electrons. The second-order valence-electron chi connectivity index (χ2n) is 7.92. The average molecular weight is 440 g/mol. The summed E-state index contributed by atoms with van der Waals surface area (Å²) < 4.78 is 14.4. The molecule has 9 nitrogen and oxygen atoms in total. The van der Waals surface area contributed by atoms with E-state index in [9.17, 15) is 19.1 Å². The van der Waals surface area contributed by atoms with Crippen LogP contribution in [0.15, 0.2) is 37.1 Å². The van der Waals surface area contributed by atoms with Gasteiger partial charge in [-0.1, -0.05) is 12.6 Å². The smallest absolute Gasteiger partial charge is 0.407 e. The van der Waals surface area contributed by atoms with Gasteiger partial charge in [0.1, 0.15) is 0 Å². The van der Waals surface area contributed by atoms with Crippen molar-refractivity contribution in [2.75, 3.05) is 30.3 Å². The highest BCUT2D eigenvalue weighted by Crippen LogP contribution is 2.25. The van der Waals surface area contributed by atoms with Crippen molar-refractivity contribution in [2.45, 2.75) is 31.8 Å². The van der Waals surface area contributed by atoms with Crippen LogP contribution in [0, 0.1) is 5.82 Å². The molecule has 1 unspecified atom stereocenters. The molecule has 10 heteroatoms. The Bertz CT molecular complexity index is 1050. The Morgan fingerprint density at radius 3 is 2.88 bits per heavy atom. The molecule has 1 fully saturated rings. The lowest BCUT2D eigenvalue weighted by atomic mass is 9.99. The predicted octanol–water partition coefficient (Wildman–Crippen LogP) is 2.98. The van der Waals surface area contributed by atoms with Crippen molar-refractivity contribution >= 4 is 29.5 Å². The van der Waals surface area contributed by atoms with E-state index in [1.165, 1.54) is 11.0 Å². The zero-order valence-electron chi connectivity index (χ0n) is 17.6. The fourth-order valence-electron chi connectivity index (χ4n) is 4.07. The lowest BCUT2D eigenvalue weighted by Gasteiger charge is -2.32. The Morgan fingerprint density at radius 2 is 2.09 bits per heavy atom. The number of hydrogen-bond acceptors (Lipinski definition) is 6. The van der Waals surface area contributed by atoms with Crippen LogP contribution in [-0.2, 0) is 17.8 Å². The van der Waals surface area contributed by atoms with Crippen molar-refractivity contribution in [3.63, 3.8) is 0 Å². The molecular formula is C22H25FN6O3. The monoisotopic (exact) mass is 440 g/mol. The zero-order chi connectivity index (χ0) is 22.7. The molecule has 2 aromatic rings. The summed E-state index contributed by atoms with van der Waals surface area (Å²) >= 11 is 0. The number of hydrogen-bond donors (Lipinski definition) is 3. The molecule has 1 saturated heterocycles. The van der Waals surface area contributed by atoms with Crippen LogP contribution in [0.25, 0.3) is 0 Å². The maximum Gasteiger partial charge on any atom is 0.407 e. The van der Waals surface area contributed by atoms with E-state index in [2.05, 4.69) is 27.2 Å². The van der Waals surface area contributed by atoms with Crippen LogP contribution in [0.2, 0.25) is 0 Å². The van der Waals surface area contributed by atoms with E-state index in [4.69, 9.17) is 0 Å². The zero-order valence-corrected chi connectivity index (χ0v) is 17.6. The number of piperidine rings is 1. The molecule has 0 saturated carbocycles. The van der Waals surface area contributed by atoms with Crippen molar-refractivity contribution < 1.29 is 19.1 Å². The fraction of sp³-hybridized carbons (Fsp3) is 0.364. The minimum atomic E-state index is -0.942. The third-order valence-electron chi connectivity index (χ3n) is 5.74. The number of amides is 2. The van der Waals surface area contributed by atoms with Crippen molar-refractivity contribution in [1.29, 1.82) is 0 Å². The van der Waals surface area contributed by atoms with Crippen molar-refractivity contribution in [1.82, 2.24) is 19.8 Å². The number of anilines is 3. The van der Waals surface area contributed by atoms with Gasteiger partial charge in [-0.25, -0.2) is 14.2 Å². The highest BCUT2D eigenvalue weighted by atomic mass is 19.1. The molecule has 1 atom stereocenters. The summed E-state index contributed by atoms with van der Waals surface area (Å²) in [5.74, 6) is -0.439. The molecule has 0 spiro atoms. The van der Waals surface area contributed by atoms with E-state index in [1.807, 2.05) is 18.2 Å². The average Bonchev–Trinajstić information content (AvgIpc) is 2.80. The number of halogens is 1. The van der Waals surface area contributed by atoms with Crippen molar-refractivity contribution in [3.05, 3.63) is 54.0 Å². The molecule has 3 heterocycles. The maximum absolute atomic E-state index is 14.4. The second-order valence-corrected chi connectivity index (χ2v) is 7.92. The molecule has 2 amide bonds. The summed E-state index contributed by atoms with van der Waals surface area (Å²) in [5, 5.41) is 15.4. The SMILES string of the molecule is C=CC(=O)N1CCCC(Nc2nc(Nc3ccc4c(c3)CN(C(=O)O)CC4)ncc2F)C1. The topological polar surface area (TPSA) is 111 Å². The molecular weight excluding hydrogens is 415 g/mol. The fourth-order valence-corrected chi connectivity index (χ4v) is 4.07. The van der Waals surface area contributed by atoms with E-state index in [1.54, 1.807) is 4.90 Å². The van der Waals surface area contributed by atoms with Gasteiger partial charge in [-0.2, -0.15) is 4.98 Å². The molecule has 2 aliphatic heterocycles. The molecule has 1 aromatic heterocycles. The number of carboxylic acid groups (broad SMARTS) is 1. The summed E-state index contributed by atoms with van der Waals surface area (Å²) in [4.78, 5) is 34.5. The number of carbonyl (C=O) groups excluding carboxylic acids is 1. The first-order valence-corrected chi connectivity index (χ1v) is 10.5. The standard InChI is InChI=1S/C22H25FN6O3/c1-2-19(30)28-8-3-4-17(13-28)25-20-18(23)11-24-21(27-20)26-16-6-5-14-7-9-29(22(31)32)12-15(14)10-16/h2,5-6,10-11,17H,1,3-4,7-9,12-13H2,(H,31,32)(H2,24,25,26,27). The minimum Gasteiger partial charge on any atom is -0.465 e. The number of nitrogens with zero attached hydrogens (tertiary/aromatic N) is 4. The van der Waals surface area contributed by atoms with Gasteiger partial charge in [0.15, 0.2) is 11.6 Å². The molecule has 2 aliphatic rings. The molecule has 0 bridgehead atoms. The van der Waals surface area contributed by atoms with Crippen LogP contribution in [0.5, 0.6) is 0 Å². The Labute approximate surface area is 185 Å². The van der Waals surface area contributed by atoms with E-state index < -0.39 is 11.9 Å². The van der Waals surface area contributed by atoms with Crippen LogP contribution in [-0.4, -0.2) is 62.6 Å². The highest BCUT2D eigenvalue weighted by Gasteiger charge is 2.24. The summed E-state index contributed by atoms with van der Waals surface area (Å²) in [6.07, 6.45) is 3.69. The van der Waals surface area contributed by atoms with Gasteiger partial charge >= 0.3 is 6.09 Å². The van der Waals surface area contributed by atoms with Gasteiger partial charge in [-0.3, -0.25) is 4.79 Å². The van der Waals surface area contributed by atoms with E-state index in [0.29, 0.717) is 38.3 Å². The van der Waals surface area contributed by atoms with Gasteiger partial charge < -0.3 is 25.5 Å². The van der Waals surface area contributed by atoms with Crippen LogP contribution in [0.4, 0.5) is 26.6 Å². The first-order valence-electron chi connectivity index (χ1n) is 10.5. The van der Waals surface area contributed by atoms with Crippen LogP contribution >= 0.6 is 0 Å². The molecule has 4 rings (SSSR count). The molecule has 0 aliphatic carbocycles. The van der Waals surface area contributed by atoms with Crippen LogP contribution in [0.3, 0.4) is 0 Å². The Balaban J connectivity index is 1.46. The number of fused-ring (bicyclic) bond motifs is 1. The number of rotatable bonds is 5. The minimum absolute atomic E-state index is 0.0652. The van der Waals surface area contributed by atoms with Gasteiger partial charge in [-0.05, 0) is 48.6 Å². The number of likely N-dealkylation sites (tertiary alicyclic amines) is 1. The predicted molar refractivity (Wildman–Crippen MR) is 117 cm³/mol. The third kappa shape index (κ3) is 4.79. The Kier molecular flexibility index (Phi) is 6.20. The van der Waals surface area contributed by atoms with Gasteiger partial charge in [0.05, 0.1) is 6.20 Å². The first-order chi connectivity index (χ1) is 15.4. The molecule has 3 N–H and O–H groups in total. The number of nitrogens with one attached hydrogen (secondary N) is 2. The van der Waals surface area contributed by atoms with Gasteiger partial charge in [0.25, 0.3) is 0 Å². The van der Waals surface area contributed by atoms with Crippen LogP contribution in [0.1, 0.15) is 24.0 Å². The molecule has 1 aromatic carbocycles. The number of aromatic nitrogens is 2. The van der Waals surface area contributed by atoms with Crippen LogP contribution < -0.4 is 10.6 Å². The highest BCUT2D eigenvalue weighted by molar-refractivity contribution is 5.87. The van der Waals surface area contributed by atoms with E-state index >= 15 is 0 Å². The quantitative estimate of drug-likeness (QED) is 0.613. The Hall–Kier alpha value is -3.69. The van der Waals surface area contributed by atoms with Gasteiger partial charge in [-0.15, -0.1) is 0 Å².